The normalized spacial score (nSPS) is 11.9. The van der Waals surface area contributed by atoms with Crippen molar-refractivity contribution in [3.05, 3.63) is 103 Å². The van der Waals surface area contributed by atoms with Crippen LogP contribution in [0.5, 0.6) is 11.5 Å². The summed E-state index contributed by atoms with van der Waals surface area (Å²) in [7, 11) is 1.63. The van der Waals surface area contributed by atoms with Gasteiger partial charge in [0, 0.05) is 28.9 Å². The van der Waals surface area contributed by atoms with Crippen molar-refractivity contribution in [2.75, 3.05) is 7.11 Å². The number of aromatic nitrogens is 3. The molecule has 1 N–H and O–H groups in total. The number of hydrogen-bond donors (Lipinski definition) is 1. The number of amides is 1. The van der Waals surface area contributed by atoms with E-state index in [1.54, 1.807) is 37.2 Å². The highest BCUT2D eigenvalue weighted by Crippen LogP contribution is 2.26. The molecule has 0 saturated carbocycles. The first kappa shape index (κ1) is 23.7. The number of carbonyl (C=O) groups is 1. The number of ether oxygens (including phenoxy) is 2. The van der Waals surface area contributed by atoms with Crippen molar-refractivity contribution in [1.29, 1.82) is 0 Å². The Morgan fingerprint density at radius 2 is 1.78 bits per heavy atom. The molecule has 0 aliphatic heterocycles. The molecular formula is C29H25N5O3. The molecular weight excluding hydrogens is 466 g/mol. The quantitative estimate of drug-likeness (QED) is 0.243. The summed E-state index contributed by atoms with van der Waals surface area (Å²) in [6, 6.07) is 26.8. The molecule has 8 nitrogen and oxygen atoms in total. The molecule has 184 valence electrons. The second-order valence-electron chi connectivity index (χ2n) is 8.27. The predicted octanol–water partition coefficient (Wildman–Crippen LogP) is 5.01. The minimum Gasteiger partial charge on any atom is -0.497 e. The van der Waals surface area contributed by atoms with Crippen molar-refractivity contribution in [1.82, 2.24) is 20.2 Å². The molecule has 0 bridgehead atoms. The van der Waals surface area contributed by atoms with Gasteiger partial charge in [0.1, 0.15) is 22.7 Å². The lowest BCUT2D eigenvalue weighted by atomic mass is 10.1. The monoisotopic (exact) mass is 491 g/mol. The lowest BCUT2D eigenvalue weighted by Gasteiger charge is -2.14. The van der Waals surface area contributed by atoms with Crippen molar-refractivity contribution in [2.24, 2.45) is 5.10 Å². The molecule has 0 radical (unpaired) electrons. The summed E-state index contributed by atoms with van der Waals surface area (Å²) in [4.78, 5) is 17.1. The molecule has 2 aromatic heterocycles. The SMILES string of the molecule is COc1ccc(-c2nn(-c3ccccc3)cc2C=NNC(=O)C(C)Oc2cccc3cccnc23)cc1. The van der Waals surface area contributed by atoms with E-state index in [2.05, 4.69) is 15.5 Å². The Balaban J connectivity index is 1.35. The summed E-state index contributed by atoms with van der Waals surface area (Å²) in [5.74, 6) is 0.908. The van der Waals surface area contributed by atoms with Crippen LogP contribution in [0.3, 0.4) is 0 Å². The predicted molar refractivity (Wildman–Crippen MR) is 143 cm³/mol. The summed E-state index contributed by atoms with van der Waals surface area (Å²) in [5.41, 5.74) is 6.53. The van der Waals surface area contributed by atoms with Crippen LogP contribution in [0, 0.1) is 0 Å². The van der Waals surface area contributed by atoms with Gasteiger partial charge in [0.2, 0.25) is 0 Å². The lowest BCUT2D eigenvalue weighted by Crippen LogP contribution is -2.33. The van der Waals surface area contributed by atoms with Gasteiger partial charge in [-0.05, 0) is 55.5 Å². The van der Waals surface area contributed by atoms with E-state index in [9.17, 15) is 4.79 Å². The van der Waals surface area contributed by atoms with Crippen LogP contribution in [0.1, 0.15) is 12.5 Å². The van der Waals surface area contributed by atoms with E-state index >= 15 is 0 Å². The van der Waals surface area contributed by atoms with Crippen LogP contribution in [-0.4, -0.2) is 40.1 Å². The van der Waals surface area contributed by atoms with Crippen LogP contribution in [0.15, 0.2) is 102 Å². The number of fused-ring (bicyclic) bond motifs is 1. The fraction of sp³-hybridized carbons (Fsp3) is 0.103. The van der Waals surface area contributed by atoms with Crippen LogP contribution in [0.2, 0.25) is 0 Å². The van der Waals surface area contributed by atoms with Gasteiger partial charge in [-0.1, -0.05) is 36.4 Å². The summed E-state index contributed by atoms with van der Waals surface area (Å²) < 4.78 is 12.9. The van der Waals surface area contributed by atoms with Gasteiger partial charge in [-0.2, -0.15) is 10.2 Å². The highest BCUT2D eigenvalue weighted by Gasteiger charge is 2.16. The van der Waals surface area contributed by atoms with Gasteiger partial charge >= 0.3 is 0 Å². The molecule has 1 unspecified atom stereocenters. The number of carbonyl (C=O) groups excluding carboxylic acids is 1. The maximum Gasteiger partial charge on any atom is 0.280 e. The third-order valence-electron chi connectivity index (χ3n) is 5.77. The molecule has 0 fully saturated rings. The van der Waals surface area contributed by atoms with Crippen LogP contribution in [0.25, 0.3) is 27.8 Å². The van der Waals surface area contributed by atoms with E-state index in [0.29, 0.717) is 11.3 Å². The fourth-order valence-corrected chi connectivity index (χ4v) is 3.84. The number of hydrazone groups is 1. The third kappa shape index (κ3) is 5.33. The molecule has 0 spiro atoms. The standard InChI is InChI=1S/C29H25N5O3/c1-20(37-26-12-6-8-21-9-7-17-30-28(21)26)29(35)32-31-18-23-19-34(24-10-4-3-5-11-24)33-27(23)22-13-15-25(36-2)16-14-22/h3-20H,1-2H3,(H,32,35). The molecule has 37 heavy (non-hydrogen) atoms. The zero-order valence-electron chi connectivity index (χ0n) is 20.4. The van der Waals surface area contributed by atoms with E-state index in [1.807, 2.05) is 85.1 Å². The third-order valence-corrected chi connectivity index (χ3v) is 5.77. The summed E-state index contributed by atoms with van der Waals surface area (Å²) >= 11 is 0. The molecule has 8 heteroatoms. The minimum atomic E-state index is -0.780. The van der Waals surface area contributed by atoms with Gasteiger partial charge in [0.15, 0.2) is 6.10 Å². The number of para-hydroxylation sites is 2. The highest BCUT2D eigenvalue weighted by atomic mass is 16.5. The summed E-state index contributed by atoms with van der Waals surface area (Å²) in [6.07, 6.45) is 4.36. The van der Waals surface area contributed by atoms with Crippen LogP contribution >= 0.6 is 0 Å². The second kappa shape index (κ2) is 10.7. The lowest BCUT2D eigenvalue weighted by molar-refractivity contribution is -0.127. The molecule has 0 aliphatic carbocycles. The van der Waals surface area contributed by atoms with Crippen molar-refractivity contribution in [3.8, 4) is 28.4 Å². The molecule has 1 amide bonds. The Labute approximate surface area is 214 Å². The van der Waals surface area contributed by atoms with E-state index < -0.39 is 6.10 Å². The zero-order valence-corrected chi connectivity index (χ0v) is 20.4. The number of nitrogens with one attached hydrogen (secondary N) is 1. The first-order valence-corrected chi connectivity index (χ1v) is 11.8. The molecule has 0 aliphatic rings. The Hall–Kier alpha value is -4.98. The van der Waals surface area contributed by atoms with E-state index in [4.69, 9.17) is 14.6 Å². The van der Waals surface area contributed by atoms with Crippen molar-refractivity contribution < 1.29 is 14.3 Å². The first-order valence-electron chi connectivity index (χ1n) is 11.8. The Kier molecular flexibility index (Phi) is 6.89. The Morgan fingerprint density at radius 1 is 1.00 bits per heavy atom. The average molecular weight is 492 g/mol. The number of hydrogen-bond acceptors (Lipinski definition) is 6. The van der Waals surface area contributed by atoms with Gasteiger partial charge in [0.25, 0.3) is 5.91 Å². The largest absolute Gasteiger partial charge is 0.497 e. The highest BCUT2D eigenvalue weighted by molar-refractivity contribution is 5.90. The average Bonchev–Trinajstić information content (AvgIpc) is 3.38. The van der Waals surface area contributed by atoms with Crippen LogP contribution < -0.4 is 14.9 Å². The molecule has 2 heterocycles. The first-order chi connectivity index (χ1) is 18.1. The van der Waals surface area contributed by atoms with Gasteiger partial charge < -0.3 is 9.47 Å². The smallest absolute Gasteiger partial charge is 0.280 e. The second-order valence-corrected chi connectivity index (χ2v) is 8.27. The molecule has 5 aromatic rings. The van der Waals surface area contributed by atoms with Gasteiger partial charge in [0.05, 0.1) is 19.0 Å². The van der Waals surface area contributed by atoms with Gasteiger partial charge in [-0.15, -0.1) is 0 Å². The van der Waals surface area contributed by atoms with Crippen molar-refractivity contribution in [2.45, 2.75) is 13.0 Å². The topological polar surface area (TPSA) is 90.6 Å². The number of benzene rings is 3. The summed E-state index contributed by atoms with van der Waals surface area (Å²) in [5, 5.41) is 9.90. The minimum absolute atomic E-state index is 0.384. The maximum atomic E-state index is 12.7. The van der Waals surface area contributed by atoms with E-state index in [0.717, 1.165) is 33.6 Å². The Morgan fingerprint density at radius 3 is 2.57 bits per heavy atom. The number of rotatable bonds is 8. The van der Waals surface area contributed by atoms with Gasteiger partial charge in [-0.25, -0.2) is 10.1 Å². The molecule has 0 saturated heterocycles. The summed E-state index contributed by atoms with van der Waals surface area (Å²) in [6.45, 7) is 1.67. The van der Waals surface area contributed by atoms with Crippen LogP contribution in [-0.2, 0) is 4.79 Å². The van der Waals surface area contributed by atoms with Crippen molar-refractivity contribution in [3.63, 3.8) is 0 Å². The zero-order chi connectivity index (χ0) is 25.6. The van der Waals surface area contributed by atoms with E-state index in [-0.39, 0.29) is 5.91 Å². The van der Waals surface area contributed by atoms with Crippen molar-refractivity contribution >= 4 is 23.0 Å². The number of methoxy groups -OCH3 is 1. The van der Waals surface area contributed by atoms with Crippen LogP contribution in [0.4, 0.5) is 0 Å². The van der Waals surface area contributed by atoms with E-state index in [1.165, 1.54) is 0 Å². The molecule has 3 aromatic carbocycles. The fourth-order valence-electron chi connectivity index (χ4n) is 3.84. The molecule has 5 rings (SSSR count). The Bertz CT molecular complexity index is 1540. The van der Waals surface area contributed by atoms with Gasteiger partial charge in [-0.3, -0.25) is 9.78 Å². The number of nitrogens with zero attached hydrogens (tertiary/aromatic N) is 4. The number of pyridine rings is 1. The molecule has 1 atom stereocenters. The maximum absolute atomic E-state index is 12.7.